The number of carbonyl (C=O) groups is 1. The summed E-state index contributed by atoms with van der Waals surface area (Å²) in [7, 11) is -3.78. The Hall–Kier alpha value is -2.61. The van der Waals surface area contributed by atoms with E-state index >= 15 is 0 Å². The van der Waals surface area contributed by atoms with Crippen LogP contribution in [0, 0.1) is 5.82 Å². The molecule has 0 saturated carbocycles. The Kier molecular flexibility index (Phi) is 6.59. The van der Waals surface area contributed by atoms with E-state index in [4.69, 9.17) is 4.74 Å². The van der Waals surface area contributed by atoms with Gasteiger partial charge in [-0.2, -0.15) is 0 Å². The number of fused-ring (bicyclic) bond motifs is 1. The number of nitrogens with zero attached hydrogens (tertiary/aromatic N) is 1. The first-order chi connectivity index (χ1) is 14.6. The molecule has 31 heavy (non-hydrogen) atoms. The van der Waals surface area contributed by atoms with Crippen LogP contribution in [0.1, 0.15) is 51.6 Å². The largest absolute Gasteiger partial charge is 0.487 e. The lowest BCUT2D eigenvalue weighted by molar-refractivity contribution is -0.123. The smallest absolute Gasteiger partial charge is 0.244 e. The predicted octanol–water partition coefficient (Wildman–Crippen LogP) is 4.18. The molecule has 1 heterocycles. The Morgan fingerprint density at radius 3 is 2.39 bits per heavy atom. The fourth-order valence-corrected chi connectivity index (χ4v) is 5.29. The molecule has 1 N–H and O–H groups in total. The minimum Gasteiger partial charge on any atom is -0.487 e. The quantitative estimate of drug-likeness (QED) is 0.690. The number of benzene rings is 2. The second kappa shape index (κ2) is 8.86. The van der Waals surface area contributed by atoms with Crippen molar-refractivity contribution in [2.24, 2.45) is 0 Å². The van der Waals surface area contributed by atoms with Gasteiger partial charge in [0.1, 0.15) is 23.2 Å². The van der Waals surface area contributed by atoms with Crippen molar-refractivity contribution in [2.45, 2.75) is 57.7 Å². The van der Waals surface area contributed by atoms with Crippen LogP contribution in [0.5, 0.6) is 5.75 Å². The molecule has 8 heteroatoms. The zero-order valence-corrected chi connectivity index (χ0v) is 19.1. The number of anilines is 1. The van der Waals surface area contributed by atoms with Crippen molar-refractivity contribution in [3.8, 4) is 5.75 Å². The molecule has 0 saturated heterocycles. The molecule has 168 valence electrons. The Bertz CT molecular complexity index is 1040. The summed E-state index contributed by atoms with van der Waals surface area (Å²) in [6.45, 7) is 5.63. The summed E-state index contributed by atoms with van der Waals surface area (Å²) in [5, 5.41) is 3.03. The van der Waals surface area contributed by atoms with Gasteiger partial charge in [-0.25, -0.2) is 12.8 Å². The van der Waals surface area contributed by atoms with E-state index in [2.05, 4.69) is 19.2 Å². The van der Waals surface area contributed by atoms with E-state index in [1.165, 1.54) is 31.2 Å². The van der Waals surface area contributed by atoms with Crippen molar-refractivity contribution >= 4 is 21.6 Å². The number of ether oxygens (including phenoxy) is 1. The van der Waals surface area contributed by atoms with Crippen molar-refractivity contribution in [1.82, 2.24) is 5.32 Å². The van der Waals surface area contributed by atoms with Crippen LogP contribution >= 0.6 is 0 Å². The summed E-state index contributed by atoms with van der Waals surface area (Å²) in [5.41, 5.74) is 0.701. The number of carbonyl (C=O) groups excluding carboxylic acids is 1. The van der Waals surface area contributed by atoms with Crippen LogP contribution in [0.15, 0.2) is 48.5 Å². The van der Waals surface area contributed by atoms with Gasteiger partial charge in [-0.05, 0) is 50.1 Å². The topological polar surface area (TPSA) is 75.7 Å². The molecule has 0 unspecified atom stereocenters. The van der Waals surface area contributed by atoms with Crippen LogP contribution in [0.3, 0.4) is 0 Å². The number of hydrogen-bond acceptors (Lipinski definition) is 4. The van der Waals surface area contributed by atoms with Crippen LogP contribution in [0.25, 0.3) is 0 Å². The van der Waals surface area contributed by atoms with Gasteiger partial charge in [0.25, 0.3) is 0 Å². The van der Waals surface area contributed by atoms with Crippen LogP contribution in [0.2, 0.25) is 0 Å². The summed E-state index contributed by atoms with van der Waals surface area (Å²) in [4.78, 5) is 13.2. The molecule has 0 radical (unpaired) electrons. The molecular formula is C23H29FN2O4S. The Balaban J connectivity index is 1.90. The lowest BCUT2D eigenvalue weighted by atomic mass is 9.83. The number of sulfonamides is 1. The minimum absolute atomic E-state index is 0.232. The van der Waals surface area contributed by atoms with Crippen molar-refractivity contribution in [3.63, 3.8) is 0 Å². The third-order valence-corrected chi connectivity index (χ3v) is 7.21. The van der Waals surface area contributed by atoms with Gasteiger partial charge in [-0.3, -0.25) is 9.10 Å². The van der Waals surface area contributed by atoms with Gasteiger partial charge in [0, 0.05) is 12.0 Å². The lowest BCUT2D eigenvalue weighted by Gasteiger charge is -2.42. The lowest BCUT2D eigenvalue weighted by Crippen LogP contribution is -2.51. The molecule has 2 aromatic rings. The first-order valence-electron chi connectivity index (χ1n) is 10.4. The molecule has 2 aromatic carbocycles. The van der Waals surface area contributed by atoms with E-state index in [0.29, 0.717) is 6.42 Å². The molecular weight excluding hydrogens is 419 g/mol. The van der Waals surface area contributed by atoms with Crippen LogP contribution in [0.4, 0.5) is 10.1 Å². The van der Waals surface area contributed by atoms with Gasteiger partial charge in [0.15, 0.2) is 0 Å². The third-order valence-electron chi connectivity index (χ3n) is 5.97. The fourth-order valence-electron chi connectivity index (χ4n) is 4.12. The number of rotatable bonds is 7. The third kappa shape index (κ3) is 4.84. The maximum Gasteiger partial charge on any atom is 0.244 e. The molecule has 6 nitrogen and oxygen atoms in total. The highest BCUT2D eigenvalue weighted by Gasteiger charge is 2.40. The highest BCUT2D eigenvalue weighted by molar-refractivity contribution is 7.92. The average molecular weight is 449 g/mol. The fraction of sp³-hybridized carbons (Fsp3) is 0.435. The zero-order valence-electron chi connectivity index (χ0n) is 18.3. The van der Waals surface area contributed by atoms with E-state index in [-0.39, 0.29) is 11.7 Å². The summed E-state index contributed by atoms with van der Waals surface area (Å²) in [6.07, 6.45) is 3.18. The summed E-state index contributed by atoms with van der Waals surface area (Å²) in [5.74, 6) is -0.185. The normalized spacial score (nSPS) is 18.4. The second-order valence-corrected chi connectivity index (χ2v) is 9.87. The molecule has 0 bridgehead atoms. The zero-order chi connectivity index (χ0) is 22.8. The van der Waals surface area contributed by atoms with Gasteiger partial charge < -0.3 is 10.1 Å². The summed E-state index contributed by atoms with van der Waals surface area (Å²) < 4.78 is 45.6. The number of halogens is 1. The summed E-state index contributed by atoms with van der Waals surface area (Å²) >= 11 is 0. The maximum atomic E-state index is 13.3. The predicted molar refractivity (Wildman–Crippen MR) is 119 cm³/mol. The molecule has 1 amide bonds. The van der Waals surface area contributed by atoms with Gasteiger partial charge >= 0.3 is 0 Å². The molecule has 0 aromatic heterocycles. The standard InChI is InChI=1S/C23H29FN2O4S/c1-5-23(6-2)15-20(19-9-7-8-10-21(19)30-23)25-22(27)16(3)26(31(4,28)29)18-13-11-17(24)12-14-18/h7-14,16,20H,5-6,15H2,1-4H3,(H,25,27)/t16-,20+/m1/s1. The monoisotopic (exact) mass is 448 g/mol. The molecule has 3 rings (SSSR count). The minimum atomic E-state index is -3.78. The highest BCUT2D eigenvalue weighted by Crippen LogP contribution is 2.42. The van der Waals surface area contributed by atoms with E-state index in [1.54, 1.807) is 0 Å². The van der Waals surface area contributed by atoms with Crippen LogP contribution in [-0.2, 0) is 14.8 Å². The van der Waals surface area contributed by atoms with Gasteiger partial charge in [-0.1, -0.05) is 32.0 Å². The Labute approximate surface area is 183 Å². The first kappa shape index (κ1) is 23.1. The molecule has 0 aliphatic carbocycles. The molecule has 1 aliphatic heterocycles. The maximum absolute atomic E-state index is 13.3. The Morgan fingerprint density at radius 2 is 1.81 bits per heavy atom. The molecule has 2 atom stereocenters. The van der Waals surface area contributed by atoms with Gasteiger partial charge in [-0.15, -0.1) is 0 Å². The van der Waals surface area contributed by atoms with E-state index < -0.39 is 33.4 Å². The molecule has 0 fully saturated rings. The van der Waals surface area contributed by atoms with Crippen LogP contribution in [-0.4, -0.2) is 32.2 Å². The first-order valence-corrected chi connectivity index (χ1v) is 12.3. The number of nitrogens with one attached hydrogen (secondary N) is 1. The SMILES string of the molecule is CCC1(CC)C[C@H](NC(=O)[C@@H](C)N(c2ccc(F)cc2)S(C)(=O)=O)c2ccccc2O1. The van der Waals surface area contributed by atoms with Crippen molar-refractivity contribution in [3.05, 3.63) is 59.9 Å². The number of amides is 1. The van der Waals surface area contributed by atoms with E-state index in [0.717, 1.165) is 34.7 Å². The van der Waals surface area contributed by atoms with Gasteiger partial charge in [0.05, 0.1) is 18.0 Å². The van der Waals surface area contributed by atoms with Crippen molar-refractivity contribution in [2.75, 3.05) is 10.6 Å². The van der Waals surface area contributed by atoms with Crippen LogP contribution < -0.4 is 14.4 Å². The molecule has 0 spiro atoms. The van der Waals surface area contributed by atoms with E-state index in [1.807, 2.05) is 24.3 Å². The second-order valence-electron chi connectivity index (χ2n) is 8.01. The number of para-hydroxylation sites is 1. The molecule has 1 aliphatic rings. The average Bonchev–Trinajstić information content (AvgIpc) is 2.74. The van der Waals surface area contributed by atoms with Crippen molar-refractivity contribution < 1.29 is 22.3 Å². The highest BCUT2D eigenvalue weighted by atomic mass is 32.2. The summed E-state index contributed by atoms with van der Waals surface area (Å²) in [6, 6.07) is 11.3. The van der Waals surface area contributed by atoms with E-state index in [9.17, 15) is 17.6 Å². The number of hydrogen-bond donors (Lipinski definition) is 1. The van der Waals surface area contributed by atoms with Gasteiger partial charge in [0.2, 0.25) is 15.9 Å². The van der Waals surface area contributed by atoms with Crippen molar-refractivity contribution in [1.29, 1.82) is 0 Å². The Morgan fingerprint density at radius 1 is 1.19 bits per heavy atom.